The lowest BCUT2D eigenvalue weighted by Gasteiger charge is -1.89. The number of halogens is 1. The first-order chi connectivity index (χ1) is 7.29. The van der Waals surface area contributed by atoms with Crippen LogP contribution < -0.4 is 0 Å². The van der Waals surface area contributed by atoms with Crippen LogP contribution in [0.3, 0.4) is 0 Å². The molecule has 0 N–H and O–H groups in total. The van der Waals surface area contributed by atoms with Crippen molar-refractivity contribution in [3.05, 3.63) is 35.9 Å². The van der Waals surface area contributed by atoms with Crippen LogP contribution in [-0.2, 0) is 0 Å². The monoisotopic (exact) mass is 257 g/mol. The zero-order chi connectivity index (χ0) is 10.7. The van der Waals surface area contributed by atoms with E-state index < -0.39 is 0 Å². The second-order valence-electron chi connectivity index (χ2n) is 2.75. The van der Waals surface area contributed by atoms with E-state index in [1.165, 1.54) is 10.8 Å². The molecule has 15 heavy (non-hydrogen) atoms. The molecule has 0 saturated carbocycles. The van der Waals surface area contributed by atoms with Gasteiger partial charge in [0.05, 0.1) is 0 Å². The summed E-state index contributed by atoms with van der Waals surface area (Å²) in [6.07, 6.45) is 1.84. The van der Waals surface area contributed by atoms with Gasteiger partial charge in [0.2, 0.25) is 0 Å². The standard InChI is InChI=1S/C10H8ClNOS2/c1-2-5-14-15-10-12-8-4-3-7(11)6-9(8)13-10/h2-4,6H,1,5H2. The van der Waals surface area contributed by atoms with Crippen molar-refractivity contribution in [1.29, 1.82) is 0 Å². The maximum atomic E-state index is 5.84. The minimum Gasteiger partial charge on any atom is -0.431 e. The lowest BCUT2D eigenvalue weighted by molar-refractivity contribution is 0.491. The summed E-state index contributed by atoms with van der Waals surface area (Å²) < 4.78 is 5.51. The van der Waals surface area contributed by atoms with Gasteiger partial charge in [-0.25, -0.2) is 4.98 Å². The second-order valence-corrected chi connectivity index (χ2v) is 5.48. The third kappa shape index (κ3) is 2.71. The first-order valence-electron chi connectivity index (χ1n) is 4.26. The molecule has 2 aromatic rings. The minimum absolute atomic E-state index is 0.652. The lowest BCUT2D eigenvalue weighted by Crippen LogP contribution is -1.68. The van der Waals surface area contributed by atoms with Crippen molar-refractivity contribution in [2.45, 2.75) is 5.22 Å². The van der Waals surface area contributed by atoms with Gasteiger partial charge < -0.3 is 4.42 Å². The smallest absolute Gasteiger partial charge is 0.267 e. The molecule has 0 aliphatic heterocycles. The van der Waals surface area contributed by atoms with Crippen LogP contribution in [0.1, 0.15) is 0 Å². The Bertz CT molecular complexity index is 483. The van der Waals surface area contributed by atoms with Gasteiger partial charge in [0.1, 0.15) is 5.52 Å². The Hall–Kier alpha value is -0.580. The summed E-state index contributed by atoms with van der Waals surface area (Å²) in [4.78, 5) is 4.31. The van der Waals surface area contributed by atoms with Gasteiger partial charge in [0.15, 0.2) is 5.58 Å². The summed E-state index contributed by atoms with van der Waals surface area (Å²) in [5.74, 6) is 0.865. The van der Waals surface area contributed by atoms with Gasteiger partial charge in [0.25, 0.3) is 5.22 Å². The number of benzene rings is 1. The van der Waals surface area contributed by atoms with Crippen LogP contribution in [0.15, 0.2) is 40.5 Å². The molecule has 0 fully saturated rings. The summed E-state index contributed by atoms with van der Waals surface area (Å²) in [5, 5.41) is 1.31. The number of aromatic nitrogens is 1. The Morgan fingerprint density at radius 1 is 1.53 bits per heavy atom. The Labute approximate surface area is 100 Å². The van der Waals surface area contributed by atoms with Crippen molar-refractivity contribution < 1.29 is 4.42 Å². The summed E-state index contributed by atoms with van der Waals surface area (Å²) in [5.41, 5.74) is 1.56. The molecule has 0 radical (unpaired) electrons. The largest absolute Gasteiger partial charge is 0.431 e. The SMILES string of the molecule is C=CCSSc1nc2ccc(Cl)cc2o1. The molecule has 0 atom stereocenters. The Morgan fingerprint density at radius 3 is 3.20 bits per heavy atom. The molecule has 2 rings (SSSR count). The Balaban J connectivity index is 2.19. The van der Waals surface area contributed by atoms with Crippen LogP contribution in [0.25, 0.3) is 11.1 Å². The van der Waals surface area contributed by atoms with Crippen molar-refractivity contribution in [3.8, 4) is 0 Å². The quantitative estimate of drug-likeness (QED) is 0.460. The van der Waals surface area contributed by atoms with Gasteiger partial charge in [0, 0.05) is 27.6 Å². The maximum absolute atomic E-state index is 5.84. The van der Waals surface area contributed by atoms with Gasteiger partial charge in [-0.15, -0.1) is 6.58 Å². The topological polar surface area (TPSA) is 26.0 Å². The molecule has 0 saturated heterocycles. The first kappa shape index (κ1) is 10.9. The van der Waals surface area contributed by atoms with Crippen LogP contribution >= 0.6 is 33.2 Å². The van der Waals surface area contributed by atoms with Gasteiger partial charge in [-0.3, -0.25) is 0 Å². The van der Waals surface area contributed by atoms with Crippen molar-refractivity contribution in [2.24, 2.45) is 0 Å². The Morgan fingerprint density at radius 2 is 2.40 bits per heavy atom. The van der Waals surface area contributed by atoms with E-state index in [2.05, 4.69) is 11.6 Å². The fraction of sp³-hybridized carbons (Fsp3) is 0.100. The third-order valence-corrected chi connectivity index (χ3v) is 3.88. The van der Waals surface area contributed by atoms with Crippen molar-refractivity contribution in [3.63, 3.8) is 0 Å². The summed E-state index contributed by atoms with van der Waals surface area (Å²) >= 11 is 5.84. The average molecular weight is 258 g/mol. The minimum atomic E-state index is 0.652. The molecule has 2 nitrogen and oxygen atoms in total. The molecule has 0 spiro atoms. The van der Waals surface area contributed by atoms with Crippen molar-refractivity contribution in [1.82, 2.24) is 4.98 Å². The number of nitrogens with zero attached hydrogens (tertiary/aromatic N) is 1. The zero-order valence-corrected chi connectivity index (χ0v) is 10.2. The Kier molecular flexibility index (Phi) is 3.61. The molecule has 0 amide bonds. The van der Waals surface area contributed by atoms with Crippen LogP contribution in [0.5, 0.6) is 0 Å². The number of fused-ring (bicyclic) bond motifs is 1. The van der Waals surface area contributed by atoms with E-state index in [0.717, 1.165) is 16.9 Å². The van der Waals surface area contributed by atoms with Crippen LogP contribution in [0, 0.1) is 0 Å². The highest BCUT2D eigenvalue weighted by Crippen LogP contribution is 2.33. The highest BCUT2D eigenvalue weighted by molar-refractivity contribution is 8.76. The van der Waals surface area contributed by atoms with Gasteiger partial charge in [-0.05, 0) is 12.1 Å². The predicted molar refractivity (Wildman–Crippen MR) is 67.5 cm³/mol. The normalized spacial score (nSPS) is 10.7. The number of hydrogen-bond acceptors (Lipinski definition) is 4. The summed E-state index contributed by atoms with van der Waals surface area (Å²) in [7, 11) is 3.14. The molecule has 78 valence electrons. The first-order valence-corrected chi connectivity index (χ1v) is 6.96. The van der Waals surface area contributed by atoms with E-state index in [0.29, 0.717) is 10.2 Å². The summed E-state index contributed by atoms with van der Waals surface area (Å²) in [6.45, 7) is 3.64. The second kappa shape index (κ2) is 4.96. The molecule has 0 aliphatic carbocycles. The zero-order valence-electron chi connectivity index (χ0n) is 7.77. The molecule has 1 aromatic carbocycles. The van der Waals surface area contributed by atoms with Gasteiger partial charge in [-0.2, -0.15) is 0 Å². The highest BCUT2D eigenvalue weighted by atomic mass is 35.5. The lowest BCUT2D eigenvalue weighted by atomic mass is 10.3. The van der Waals surface area contributed by atoms with Crippen molar-refractivity contribution >= 4 is 44.3 Å². The third-order valence-electron chi connectivity index (χ3n) is 1.65. The fourth-order valence-electron chi connectivity index (χ4n) is 1.05. The molecule has 1 aromatic heterocycles. The van der Waals surface area contributed by atoms with E-state index in [9.17, 15) is 0 Å². The molecule has 1 heterocycles. The molecule has 0 bridgehead atoms. The van der Waals surface area contributed by atoms with E-state index in [4.69, 9.17) is 16.0 Å². The van der Waals surface area contributed by atoms with E-state index in [1.807, 2.05) is 12.1 Å². The fourth-order valence-corrected chi connectivity index (χ4v) is 2.74. The van der Waals surface area contributed by atoms with Gasteiger partial charge >= 0.3 is 0 Å². The number of rotatable bonds is 4. The van der Waals surface area contributed by atoms with E-state index in [-0.39, 0.29) is 0 Å². The van der Waals surface area contributed by atoms with Crippen molar-refractivity contribution in [2.75, 3.05) is 5.75 Å². The van der Waals surface area contributed by atoms with Crippen LogP contribution in [0.4, 0.5) is 0 Å². The molecule has 0 unspecified atom stereocenters. The number of hydrogen-bond donors (Lipinski definition) is 0. The summed E-state index contributed by atoms with van der Waals surface area (Å²) in [6, 6.07) is 5.42. The predicted octanol–water partition coefficient (Wildman–Crippen LogP) is 4.41. The molecular weight excluding hydrogens is 250 g/mol. The maximum Gasteiger partial charge on any atom is 0.267 e. The van der Waals surface area contributed by atoms with E-state index >= 15 is 0 Å². The molecule has 0 aliphatic rings. The highest BCUT2D eigenvalue weighted by Gasteiger charge is 2.06. The molecule has 5 heteroatoms. The van der Waals surface area contributed by atoms with Crippen LogP contribution in [-0.4, -0.2) is 10.7 Å². The molecular formula is C10H8ClNOS2. The average Bonchev–Trinajstić information content (AvgIpc) is 2.60. The van der Waals surface area contributed by atoms with Gasteiger partial charge in [-0.1, -0.05) is 28.5 Å². The van der Waals surface area contributed by atoms with E-state index in [1.54, 1.807) is 22.9 Å². The number of oxazole rings is 1. The van der Waals surface area contributed by atoms with Crippen LogP contribution in [0.2, 0.25) is 5.02 Å².